The maximum atomic E-state index is 13.3. The molecule has 55 heteroatoms. The van der Waals surface area contributed by atoms with Crippen LogP contribution >= 0.6 is 0 Å². The van der Waals surface area contributed by atoms with Crippen LogP contribution in [-0.2, 0) is 104 Å². The zero-order valence-corrected chi connectivity index (χ0v) is 66.8. The van der Waals surface area contributed by atoms with Crippen LogP contribution in [0.25, 0.3) is 0 Å². The monoisotopic (exact) mass is 1840 g/mol. The number of ether oxygens (including phenoxy) is 19. The number of carboxylic acids is 2. The van der Waals surface area contributed by atoms with Gasteiger partial charge in [-0.1, -0.05) is 13.8 Å². The van der Waals surface area contributed by atoms with Gasteiger partial charge >= 0.3 is 11.9 Å². The van der Waals surface area contributed by atoms with Gasteiger partial charge in [-0.05, 0) is 0 Å². The summed E-state index contributed by atoms with van der Waals surface area (Å²) < 4.78 is 111. The Morgan fingerprint density at radius 1 is 0.368 bits per heavy atom. The summed E-state index contributed by atoms with van der Waals surface area (Å²) in [4.78, 5) is 39.6. The second-order valence-corrected chi connectivity index (χ2v) is 32.3. The van der Waals surface area contributed by atoms with Crippen molar-refractivity contribution in [2.45, 2.75) is 340 Å². The van der Waals surface area contributed by atoms with Crippen molar-refractivity contribution in [3.8, 4) is 0 Å². The highest BCUT2D eigenvalue weighted by molar-refractivity contribution is 5.76. The third-order valence-corrected chi connectivity index (χ3v) is 23.9. The molecule has 55 nitrogen and oxygen atoms in total. The zero-order valence-electron chi connectivity index (χ0n) is 66.8. The van der Waals surface area contributed by atoms with Gasteiger partial charge in [0.1, 0.15) is 207 Å². The molecule has 33 N–H and O–H groups in total. The lowest BCUT2D eigenvalue weighted by molar-refractivity contribution is -0.394. The van der Waals surface area contributed by atoms with Crippen molar-refractivity contribution in [1.82, 2.24) is 5.32 Å². The lowest BCUT2D eigenvalue weighted by atomic mass is 9.84. The average Bonchev–Trinajstić information content (AvgIpc) is 0.874. The van der Waals surface area contributed by atoms with Gasteiger partial charge in [0.15, 0.2) is 50.3 Å². The van der Waals surface area contributed by atoms with Gasteiger partial charge in [-0.15, -0.1) is 0 Å². The number of hydrogen-bond donors (Lipinski definition) is 33. The van der Waals surface area contributed by atoms with Gasteiger partial charge in [0.2, 0.25) is 5.91 Å². The lowest BCUT2D eigenvalue weighted by Crippen LogP contribution is -2.70. The number of carbonyl (C=O) groups is 3. The minimum atomic E-state index is -3.22. The van der Waals surface area contributed by atoms with E-state index in [-0.39, 0.29) is 0 Å². The van der Waals surface area contributed by atoms with Crippen LogP contribution in [0.2, 0.25) is 0 Å². The third-order valence-electron chi connectivity index (χ3n) is 23.9. The molecule has 726 valence electrons. The number of carboxylic acid groups (broad SMARTS) is 2. The molecule has 0 aromatic carbocycles. The number of hydrogen-bond acceptors (Lipinski definition) is 52. The van der Waals surface area contributed by atoms with Gasteiger partial charge in [-0.25, -0.2) is 9.59 Å². The van der Waals surface area contributed by atoms with Crippen molar-refractivity contribution in [2.24, 2.45) is 11.8 Å². The average molecular weight is 1840 g/mol. The fourth-order valence-electron chi connectivity index (χ4n) is 16.5. The van der Waals surface area contributed by atoms with Crippen LogP contribution in [-0.4, -0.2) is 547 Å². The van der Waals surface area contributed by atoms with Crippen LogP contribution < -0.4 is 5.32 Å². The lowest BCUT2D eigenvalue weighted by Gasteiger charge is -2.51. The smallest absolute Gasteiger partial charge is 0.364 e. The molecule has 50 atom stereocenters. The second-order valence-electron chi connectivity index (χ2n) is 32.3. The molecule has 10 aliphatic rings. The van der Waals surface area contributed by atoms with Crippen LogP contribution in [0.3, 0.4) is 0 Å². The Bertz CT molecular complexity index is 3350. The predicted octanol–water partition coefficient (Wildman–Crippen LogP) is -20.7. The van der Waals surface area contributed by atoms with E-state index in [2.05, 4.69) is 5.32 Å². The van der Waals surface area contributed by atoms with E-state index in [1.54, 1.807) is 0 Å². The number of aliphatic hydroxyl groups is 30. The van der Waals surface area contributed by atoms with E-state index < -0.39 is 415 Å². The fraction of sp³-hybridized carbons (Fsp3) is 0.957. The summed E-state index contributed by atoms with van der Waals surface area (Å²) in [5.41, 5.74) is 0. The molecular weight excluding hydrogens is 1720 g/mol. The fourth-order valence-corrected chi connectivity index (χ4v) is 16.5. The van der Waals surface area contributed by atoms with Gasteiger partial charge in [-0.2, -0.15) is 0 Å². The molecule has 10 saturated heterocycles. The molecule has 10 heterocycles. The van der Waals surface area contributed by atoms with Gasteiger partial charge in [0.25, 0.3) is 11.6 Å². The molecule has 0 radical (unpaired) electrons. The SMILES string of the molecule is CC(=O)NC1[C@H](O[C@@H]2C(O)[C@H](O[C@@H]3C(CO)O[C@@H](OCC4OC(C(O)O)CC4O[C@@H]4OC(CO)[C@H](O)[C@H](OC5(C(=O)O)CC(O)[C@@H](C)[C@H]([C@H](O)[C@H](O)CO)O5)C4O)C(O)[C@@H]3O)OC(CO)[C@@H]2O)OC(CO[C@@H]2OC(CO)[C@@H](O[C@@H]3OC(CO)[C@H](O)[C@H](O)C3O)[C@H](O)C2O)[C@@H](O[C@@H]2OC(CO)[C@H](O)[C@H](OC3(C(=O)O)CC(O)[C@@H](C)[C@H]([C@H](O)[C@H](O)CO)O3)C2O)[C@@H]1O. The van der Waals surface area contributed by atoms with Gasteiger partial charge in [0, 0.05) is 38.0 Å². The Labute approximate surface area is 706 Å². The molecule has 0 saturated carbocycles. The number of aliphatic carboxylic acids is 2. The van der Waals surface area contributed by atoms with E-state index in [4.69, 9.17) is 90.0 Å². The van der Waals surface area contributed by atoms with Crippen LogP contribution in [0.1, 0.15) is 40.0 Å². The number of aliphatic hydroxyl groups excluding tert-OH is 29. The van der Waals surface area contributed by atoms with E-state index in [0.717, 1.165) is 6.92 Å². The summed E-state index contributed by atoms with van der Waals surface area (Å²) in [6.07, 6.45) is -99.1. The largest absolute Gasteiger partial charge is 0.477 e. The maximum Gasteiger partial charge on any atom is 0.364 e. The van der Waals surface area contributed by atoms with Crippen molar-refractivity contribution in [1.29, 1.82) is 0 Å². The molecule has 10 fully saturated rings. The van der Waals surface area contributed by atoms with Crippen LogP contribution in [0.5, 0.6) is 0 Å². The summed E-state index contributed by atoms with van der Waals surface area (Å²) >= 11 is 0. The van der Waals surface area contributed by atoms with Crippen LogP contribution in [0.15, 0.2) is 0 Å². The van der Waals surface area contributed by atoms with Crippen molar-refractivity contribution in [2.75, 3.05) is 66.1 Å². The molecule has 0 aromatic rings. The van der Waals surface area contributed by atoms with E-state index >= 15 is 0 Å². The van der Waals surface area contributed by atoms with Crippen molar-refractivity contribution in [3.63, 3.8) is 0 Å². The molecule has 10 aliphatic heterocycles. The Morgan fingerprint density at radius 2 is 0.704 bits per heavy atom. The predicted molar refractivity (Wildman–Crippen MR) is 381 cm³/mol. The molecule has 1 amide bonds. The first kappa shape index (κ1) is 104. The van der Waals surface area contributed by atoms with E-state index in [1.807, 2.05) is 0 Å². The van der Waals surface area contributed by atoms with E-state index in [9.17, 15) is 178 Å². The Morgan fingerprint density at radius 3 is 1.09 bits per heavy atom. The normalized spacial score (nSPS) is 48.7. The maximum absolute atomic E-state index is 13.3. The third kappa shape index (κ3) is 22.1. The first-order valence-corrected chi connectivity index (χ1v) is 40.0. The standard InChI is InChI=1S/C70H117NO54/c1-17-20(81)5-69(67(103)104,122-51(17)35(85)22(83)7-72)124-57-39(89)28(11-76)112-64(49(57)99)110-24-4-25(59(101)102)109-32(24)15-107-61-46(96)44(94)54(31(14-79)115-61)119-65-48(98)56(38(88)27(10-75)113-65)121-60-34(71-19(3)80)41(91)55(33(117-60)16-108-62-47(97)43(93)53(30(13-78)116-62)118-63-45(95)42(92)37(87)26(9-74)111-63)120-66-50(100)58(40(90)29(12-77)114-66)125-70(68(105)106)6-21(82)18(2)52(123-70)36(86)23(84)8-73/h17-18,20-66,72-79,81-102H,4-16H2,1-3H3,(H,71,80)(H,103,104)(H,105,106)/t17-,18-,20?,21?,22-,23-,24?,25?,26?,27?,28?,29?,30?,31?,32?,33?,34?,35-,36-,37+,38+,39+,40+,41-,42+,43-,44+,45?,46?,47?,48?,49?,50?,51-,52-,53-,54-,55-,56+,57+,58+,60+,61-,62-,63+,64-,65+,66+,69?,70?/m1/s1. The van der Waals surface area contributed by atoms with Crippen molar-refractivity contribution in [3.05, 3.63) is 0 Å². The summed E-state index contributed by atoms with van der Waals surface area (Å²) in [6, 6.07) is -2.15. The molecule has 0 bridgehead atoms. The first-order valence-electron chi connectivity index (χ1n) is 40.0. The molecule has 0 aliphatic carbocycles. The highest BCUT2D eigenvalue weighted by Gasteiger charge is 2.64. The summed E-state index contributed by atoms with van der Waals surface area (Å²) in [5, 5.41) is 353. The number of carbonyl (C=O) groups excluding carboxylic acids is 1. The topological polar surface area (TPSA) is 886 Å². The molecule has 10 rings (SSSR count). The molecule has 0 spiro atoms. The molecule has 125 heavy (non-hydrogen) atoms. The number of amides is 1. The van der Waals surface area contributed by atoms with Gasteiger partial charge in [-0.3, -0.25) is 4.79 Å². The zero-order chi connectivity index (χ0) is 92.4. The molecule has 0 aromatic heterocycles. The molecule has 21 unspecified atom stereocenters. The summed E-state index contributed by atoms with van der Waals surface area (Å²) in [6.45, 7) is -7.72. The number of nitrogens with one attached hydrogen (secondary N) is 1. The Kier molecular flexibility index (Phi) is 36.5. The van der Waals surface area contributed by atoms with Gasteiger partial charge < -0.3 is 259 Å². The van der Waals surface area contributed by atoms with Crippen LogP contribution in [0.4, 0.5) is 0 Å². The number of rotatable bonds is 36. The van der Waals surface area contributed by atoms with E-state index in [0.29, 0.717) is 0 Å². The Hall–Kier alpha value is -3.55. The minimum absolute atomic E-state index is 0.540. The quantitative estimate of drug-likeness (QED) is 0.0259. The second kappa shape index (κ2) is 44.1. The molecular formula is C70H117NO54. The Balaban J connectivity index is 0.881. The highest BCUT2D eigenvalue weighted by atomic mass is 16.8. The van der Waals surface area contributed by atoms with Crippen molar-refractivity contribution >= 4 is 17.8 Å². The summed E-state index contributed by atoms with van der Waals surface area (Å²) in [7, 11) is 0. The minimum Gasteiger partial charge on any atom is -0.477 e. The van der Waals surface area contributed by atoms with Crippen LogP contribution in [0, 0.1) is 11.8 Å². The van der Waals surface area contributed by atoms with E-state index in [1.165, 1.54) is 13.8 Å². The van der Waals surface area contributed by atoms with Crippen molar-refractivity contribution < 1.29 is 268 Å². The van der Waals surface area contributed by atoms with Gasteiger partial charge in [0.05, 0.1) is 96.6 Å². The first-order chi connectivity index (χ1) is 58.9. The highest BCUT2D eigenvalue weighted by Crippen LogP contribution is 2.45. The summed E-state index contributed by atoms with van der Waals surface area (Å²) in [5.74, 6) is -13.8.